The van der Waals surface area contributed by atoms with Gasteiger partial charge in [0.2, 0.25) is 5.89 Å². The van der Waals surface area contributed by atoms with Gasteiger partial charge in [0.05, 0.1) is 19.0 Å². The van der Waals surface area contributed by atoms with E-state index in [2.05, 4.69) is 10.2 Å². The summed E-state index contributed by atoms with van der Waals surface area (Å²) in [6, 6.07) is 12.0. The average Bonchev–Trinajstić information content (AvgIpc) is 3.32. The molecule has 0 amide bonds. The van der Waals surface area contributed by atoms with Crippen molar-refractivity contribution in [2.75, 3.05) is 7.11 Å². The molecular formula is C23H20ClN3O5. The van der Waals surface area contributed by atoms with E-state index in [1.165, 1.54) is 0 Å². The Morgan fingerprint density at radius 2 is 1.84 bits per heavy atom. The second-order valence-electron chi connectivity index (χ2n) is 7.15. The molecule has 0 aliphatic rings. The highest BCUT2D eigenvalue weighted by molar-refractivity contribution is 6.30. The average molecular weight is 454 g/mol. The van der Waals surface area contributed by atoms with E-state index in [0.29, 0.717) is 39.0 Å². The van der Waals surface area contributed by atoms with Crippen LogP contribution in [0.3, 0.4) is 0 Å². The number of methoxy groups -OCH3 is 1. The first-order chi connectivity index (χ1) is 15.4. The summed E-state index contributed by atoms with van der Waals surface area (Å²) < 4.78 is 17.5. The third-order valence-electron chi connectivity index (χ3n) is 5.08. The fraction of sp³-hybridized carbons (Fsp3) is 0.217. The molecule has 164 valence electrons. The van der Waals surface area contributed by atoms with Crippen molar-refractivity contribution < 1.29 is 23.5 Å². The molecule has 0 fully saturated rings. The summed E-state index contributed by atoms with van der Waals surface area (Å²) in [6.07, 6.45) is -0.0382. The van der Waals surface area contributed by atoms with Crippen LogP contribution >= 0.6 is 11.6 Å². The molecule has 0 saturated heterocycles. The quantitative estimate of drug-likeness (QED) is 0.402. The van der Waals surface area contributed by atoms with Gasteiger partial charge in [-0.1, -0.05) is 11.6 Å². The number of hydrogen-bond donors (Lipinski definition) is 0. The predicted octanol–water partition coefficient (Wildman–Crippen LogP) is 4.28. The lowest BCUT2D eigenvalue weighted by molar-refractivity contribution is -0.144. The molecule has 4 rings (SSSR count). The minimum atomic E-state index is -0.482. The predicted molar refractivity (Wildman–Crippen MR) is 117 cm³/mol. The van der Waals surface area contributed by atoms with Crippen LogP contribution in [0.25, 0.3) is 10.9 Å². The van der Waals surface area contributed by atoms with E-state index < -0.39 is 5.97 Å². The van der Waals surface area contributed by atoms with Gasteiger partial charge >= 0.3 is 5.97 Å². The Balaban J connectivity index is 1.69. The summed E-state index contributed by atoms with van der Waals surface area (Å²) in [5.74, 6) is 0.516. The van der Waals surface area contributed by atoms with Crippen LogP contribution in [0.1, 0.15) is 33.4 Å². The normalized spacial score (nSPS) is 11.0. The lowest BCUT2D eigenvalue weighted by Crippen LogP contribution is -2.14. The monoisotopic (exact) mass is 453 g/mol. The highest BCUT2D eigenvalue weighted by Gasteiger charge is 2.22. The number of nitrogens with zero attached hydrogens (tertiary/aromatic N) is 3. The van der Waals surface area contributed by atoms with Crippen LogP contribution in [0.15, 0.2) is 46.9 Å². The van der Waals surface area contributed by atoms with E-state index in [9.17, 15) is 9.59 Å². The number of benzene rings is 2. The number of rotatable bonds is 6. The molecule has 0 unspecified atom stereocenters. The van der Waals surface area contributed by atoms with E-state index in [4.69, 9.17) is 25.5 Å². The Bertz CT molecular complexity index is 1310. The Labute approximate surface area is 188 Å². The van der Waals surface area contributed by atoms with Crippen LogP contribution in [-0.4, -0.2) is 33.8 Å². The number of aryl methyl sites for hydroxylation is 1. The second kappa shape index (κ2) is 8.84. The summed E-state index contributed by atoms with van der Waals surface area (Å²) >= 11 is 5.96. The maximum Gasteiger partial charge on any atom is 0.310 e. The molecule has 8 nitrogen and oxygen atoms in total. The van der Waals surface area contributed by atoms with Gasteiger partial charge in [0.15, 0.2) is 6.61 Å². The van der Waals surface area contributed by atoms with E-state index in [0.717, 1.165) is 5.39 Å². The van der Waals surface area contributed by atoms with Gasteiger partial charge in [0.1, 0.15) is 5.75 Å². The topological polar surface area (TPSA) is 96.4 Å². The lowest BCUT2D eigenvalue weighted by Gasteiger charge is -2.08. The molecule has 0 saturated carbocycles. The fourth-order valence-corrected chi connectivity index (χ4v) is 3.66. The summed E-state index contributed by atoms with van der Waals surface area (Å²) in [5, 5.41) is 8.80. The molecule has 2 aromatic heterocycles. The van der Waals surface area contributed by atoms with E-state index in [1.807, 2.05) is 0 Å². The van der Waals surface area contributed by atoms with Crippen LogP contribution in [0.2, 0.25) is 5.02 Å². The molecule has 9 heteroatoms. The molecule has 4 aromatic rings. The molecule has 2 heterocycles. The summed E-state index contributed by atoms with van der Waals surface area (Å²) in [4.78, 5) is 25.9. The third-order valence-corrected chi connectivity index (χ3v) is 5.33. The first-order valence-electron chi connectivity index (χ1n) is 9.80. The second-order valence-corrected chi connectivity index (χ2v) is 7.58. The third kappa shape index (κ3) is 4.22. The van der Waals surface area contributed by atoms with Gasteiger partial charge in [0.25, 0.3) is 11.8 Å². The van der Waals surface area contributed by atoms with Crippen molar-refractivity contribution in [2.45, 2.75) is 26.9 Å². The lowest BCUT2D eigenvalue weighted by atomic mass is 10.1. The number of halogens is 1. The number of carbonyl (C=O) groups is 2. The van der Waals surface area contributed by atoms with Crippen molar-refractivity contribution in [1.29, 1.82) is 0 Å². The van der Waals surface area contributed by atoms with Gasteiger partial charge in [-0.05, 0) is 55.0 Å². The van der Waals surface area contributed by atoms with Crippen molar-refractivity contribution in [3.63, 3.8) is 0 Å². The molecule has 0 N–H and O–H groups in total. The first-order valence-corrected chi connectivity index (χ1v) is 10.2. The molecule has 0 bridgehead atoms. The highest BCUT2D eigenvalue weighted by Crippen LogP contribution is 2.31. The van der Waals surface area contributed by atoms with Crippen molar-refractivity contribution in [2.24, 2.45) is 0 Å². The standard InChI is InChI=1S/C23H20ClN3O5/c1-13-18(11-22(28)31-12-21-26-25-14(2)32-21)19-10-17(30-3)8-9-20(19)27(13)23(29)15-4-6-16(24)7-5-15/h4-10H,11-12H2,1-3H3. The number of ether oxygens (including phenoxy) is 2. The fourth-order valence-electron chi connectivity index (χ4n) is 3.53. The number of fused-ring (bicyclic) bond motifs is 1. The molecule has 2 aromatic carbocycles. The van der Waals surface area contributed by atoms with Gasteiger partial charge in [-0.2, -0.15) is 0 Å². The summed E-state index contributed by atoms with van der Waals surface area (Å²) in [5.41, 5.74) is 2.45. The first kappa shape index (κ1) is 21.6. The number of carbonyl (C=O) groups excluding carboxylic acids is 2. The zero-order valence-electron chi connectivity index (χ0n) is 17.7. The Kier molecular flexibility index (Phi) is 5.96. The van der Waals surface area contributed by atoms with E-state index in [1.54, 1.807) is 68.0 Å². The van der Waals surface area contributed by atoms with Crippen LogP contribution in [0.4, 0.5) is 0 Å². The Morgan fingerprint density at radius 3 is 2.50 bits per heavy atom. The van der Waals surface area contributed by atoms with Crippen LogP contribution in [0.5, 0.6) is 5.75 Å². The van der Waals surface area contributed by atoms with Crippen molar-refractivity contribution in [1.82, 2.24) is 14.8 Å². The number of aromatic nitrogens is 3. The molecule has 0 spiro atoms. The van der Waals surface area contributed by atoms with Crippen molar-refractivity contribution >= 4 is 34.4 Å². The molecule has 0 aliphatic heterocycles. The van der Waals surface area contributed by atoms with Crippen LogP contribution < -0.4 is 4.74 Å². The smallest absolute Gasteiger partial charge is 0.310 e. The Hall–Kier alpha value is -3.65. The molecule has 32 heavy (non-hydrogen) atoms. The van der Waals surface area contributed by atoms with E-state index >= 15 is 0 Å². The number of hydrogen-bond acceptors (Lipinski definition) is 7. The number of esters is 1. The van der Waals surface area contributed by atoms with Crippen LogP contribution in [0, 0.1) is 13.8 Å². The maximum atomic E-state index is 13.3. The van der Waals surface area contributed by atoms with Crippen molar-refractivity contribution in [3.05, 3.63) is 76.1 Å². The van der Waals surface area contributed by atoms with Gasteiger partial charge in [0, 0.05) is 28.6 Å². The van der Waals surface area contributed by atoms with Gasteiger partial charge in [-0.25, -0.2) is 0 Å². The minimum absolute atomic E-state index is 0.0382. The zero-order valence-corrected chi connectivity index (χ0v) is 18.5. The SMILES string of the molecule is COc1ccc2c(c1)c(CC(=O)OCc1nnc(C)o1)c(C)n2C(=O)c1ccc(Cl)cc1. The Morgan fingerprint density at radius 1 is 1.09 bits per heavy atom. The molecular weight excluding hydrogens is 434 g/mol. The molecule has 0 aliphatic carbocycles. The summed E-state index contributed by atoms with van der Waals surface area (Å²) in [7, 11) is 1.56. The maximum absolute atomic E-state index is 13.3. The highest BCUT2D eigenvalue weighted by atomic mass is 35.5. The largest absolute Gasteiger partial charge is 0.497 e. The minimum Gasteiger partial charge on any atom is -0.497 e. The summed E-state index contributed by atoms with van der Waals surface area (Å²) in [6.45, 7) is 3.33. The van der Waals surface area contributed by atoms with Gasteiger partial charge in [-0.15, -0.1) is 10.2 Å². The van der Waals surface area contributed by atoms with Crippen LogP contribution in [-0.2, 0) is 22.6 Å². The van der Waals surface area contributed by atoms with E-state index in [-0.39, 0.29) is 24.8 Å². The van der Waals surface area contributed by atoms with Gasteiger partial charge < -0.3 is 13.9 Å². The molecule has 0 radical (unpaired) electrons. The van der Waals surface area contributed by atoms with Crippen molar-refractivity contribution in [3.8, 4) is 5.75 Å². The zero-order chi connectivity index (χ0) is 22.8. The van der Waals surface area contributed by atoms with Gasteiger partial charge in [-0.3, -0.25) is 14.2 Å². The molecule has 0 atom stereocenters.